The van der Waals surface area contributed by atoms with Crippen molar-refractivity contribution >= 4 is 5.69 Å². The number of rotatable bonds is 3. The number of anilines is 1. The summed E-state index contributed by atoms with van der Waals surface area (Å²) in [4.78, 5) is 0. The monoisotopic (exact) mass is 479 g/mol. The third kappa shape index (κ3) is 8.88. The van der Waals surface area contributed by atoms with Crippen molar-refractivity contribution in [1.82, 2.24) is 5.32 Å². The van der Waals surface area contributed by atoms with Gasteiger partial charge in [-0.1, -0.05) is 57.2 Å². The Balaban J connectivity index is 0.000000578. The standard InChI is InChI=1S/C16H20FN.C8H11N.C2H6N.C2H6.K/c1-3-14-13(10-18-16(14)8-5-9-16)12-7-4-6-11(2)15(12)17;1-7-4-3-5-8(6-7)9-2;1-2-3;1-2;/h3-4,6-7,13-14,18H,1,5,8-10H2,2H3;3-6,9H,1-2H3;3H,2H2,1H3;1-2H3;/q;;-1;;+1. The molecule has 0 bridgehead atoms. The maximum Gasteiger partial charge on any atom is 1.00 e. The molecule has 2 aliphatic rings. The number of aryl methyl sites for hydroxylation is 2. The van der Waals surface area contributed by atoms with Gasteiger partial charge in [-0.2, -0.15) is 6.54 Å². The molecule has 2 fully saturated rings. The molecule has 178 valence electrons. The second-order valence-electron chi connectivity index (χ2n) is 8.21. The normalized spacial score (nSPS) is 19.2. The van der Waals surface area contributed by atoms with Gasteiger partial charge in [0.1, 0.15) is 5.82 Å². The maximum atomic E-state index is 14.3. The van der Waals surface area contributed by atoms with Gasteiger partial charge in [-0.15, -0.1) is 6.58 Å². The SMILES string of the molecule is C=CC1C(c2cccc(C)c2F)CNC12CCC2.CC.CC[NH-].CNc1cccc(C)c1.[K+]. The summed E-state index contributed by atoms with van der Waals surface area (Å²) in [5.74, 6) is 0.567. The van der Waals surface area contributed by atoms with E-state index < -0.39 is 0 Å². The van der Waals surface area contributed by atoms with Gasteiger partial charge in [0, 0.05) is 36.7 Å². The minimum absolute atomic E-state index is 0. The van der Waals surface area contributed by atoms with E-state index in [1.807, 2.05) is 64.2 Å². The Bertz CT molecular complexity index is 821. The summed E-state index contributed by atoms with van der Waals surface area (Å²) < 4.78 is 14.3. The van der Waals surface area contributed by atoms with E-state index in [9.17, 15) is 4.39 Å². The number of hydrogen-bond donors (Lipinski definition) is 2. The molecular weight excluding hydrogens is 436 g/mol. The molecule has 1 aliphatic carbocycles. The molecule has 2 atom stereocenters. The van der Waals surface area contributed by atoms with Gasteiger partial charge in [-0.25, -0.2) is 4.39 Å². The van der Waals surface area contributed by atoms with Crippen LogP contribution in [-0.2, 0) is 0 Å². The maximum absolute atomic E-state index is 14.3. The zero-order valence-corrected chi connectivity index (χ0v) is 25.0. The van der Waals surface area contributed by atoms with Crippen molar-refractivity contribution in [1.29, 1.82) is 0 Å². The summed E-state index contributed by atoms with van der Waals surface area (Å²) in [6.45, 7) is 15.1. The first-order valence-corrected chi connectivity index (χ1v) is 11.9. The molecule has 5 heteroatoms. The summed E-state index contributed by atoms with van der Waals surface area (Å²) in [6.07, 6.45) is 5.72. The largest absolute Gasteiger partial charge is 1.00 e. The molecule has 2 aromatic rings. The molecule has 2 unspecified atom stereocenters. The van der Waals surface area contributed by atoms with Crippen LogP contribution >= 0.6 is 0 Å². The van der Waals surface area contributed by atoms with Crippen LogP contribution in [-0.4, -0.2) is 25.7 Å². The third-order valence-corrected chi connectivity index (χ3v) is 6.17. The number of benzene rings is 2. The predicted molar refractivity (Wildman–Crippen MR) is 139 cm³/mol. The molecule has 0 radical (unpaired) electrons. The van der Waals surface area contributed by atoms with Gasteiger partial charge in [0.2, 0.25) is 0 Å². The van der Waals surface area contributed by atoms with Crippen molar-refractivity contribution in [3.05, 3.63) is 83.4 Å². The van der Waals surface area contributed by atoms with E-state index in [1.54, 1.807) is 6.92 Å². The van der Waals surface area contributed by atoms with Gasteiger partial charge in [0.05, 0.1) is 0 Å². The molecule has 1 aliphatic heterocycles. The van der Waals surface area contributed by atoms with Gasteiger partial charge >= 0.3 is 51.4 Å². The molecule has 2 aromatic carbocycles. The summed E-state index contributed by atoms with van der Waals surface area (Å²) >= 11 is 0. The van der Waals surface area contributed by atoms with Gasteiger partial charge in [-0.05, 0) is 61.9 Å². The van der Waals surface area contributed by atoms with Crippen LogP contribution in [0.25, 0.3) is 5.73 Å². The topological polar surface area (TPSA) is 47.9 Å². The summed E-state index contributed by atoms with van der Waals surface area (Å²) in [6, 6.07) is 14.0. The summed E-state index contributed by atoms with van der Waals surface area (Å²) in [5, 5.41) is 6.70. The fourth-order valence-electron chi connectivity index (χ4n) is 4.46. The van der Waals surface area contributed by atoms with Crippen molar-refractivity contribution in [3.63, 3.8) is 0 Å². The summed E-state index contributed by atoms with van der Waals surface area (Å²) in [7, 11) is 1.93. The van der Waals surface area contributed by atoms with Crippen molar-refractivity contribution in [3.8, 4) is 0 Å². The van der Waals surface area contributed by atoms with Crippen LogP contribution < -0.4 is 62.0 Å². The number of halogens is 1. The van der Waals surface area contributed by atoms with E-state index in [0.29, 0.717) is 12.5 Å². The van der Waals surface area contributed by atoms with E-state index in [2.05, 4.69) is 36.3 Å². The van der Waals surface area contributed by atoms with E-state index in [4.69, 9.17) is 5.73 Å². The minimum atomic E-state index is -0.0347. The molecule has 1 saturated heterocycles. The van der Waals surface area contributed by atoms with Crippen molar-refractivity contribution in [2.24, 2.45) is 5.92 Å². The van der Waals surface area contributed by atoms with Crippen LogP contribution in [0, 0.1) is 25.6 Å². The first kappa shape index (κ1) is 32.5. The second-order valence-corrected chi connectivity index (χ2v) is 8.21. The second kappa shape index (κ2) is 17.0. The Morgan fingerprint density at radius 2 is 1.79 bits per heavy atom. The van der Waals surface area contributed by atoms with Gasteiger partial charge in [-0.3, -0.25) is 0 Å². The fourth-order valence-corrected chi connectivity index (χ4v) is 4.46. The van der Waals surface area contributed by atoms with Crippen LogP contribution in [0.2, 0.25) is 0 Å². The third-order valence-electron chi connectivity index (χ3n) is 6.17. The molecule has 1 spiro atoms. The molecule has 1 saturated carbocycles. The first-order chi connectivity index (χ1) is 15.4. The van der Waals surface area contributed by atoms with Crippen molar-refractivity contribution in [2.45, 2.75) is 65.3 Å². The Morgan fingerprint density at radius 1 is 1.18 bits per heavy atom. The van der Waals surface area contributed by atoms with Gasteiger partial charge < -0.3 is 16.4 Å². The fraction of sp³-hybridized carbons (Fsp3) is 0.500. The molecule has 3 N–H and O–H groups in total. The Morgan fingerprint density at radius 3 is 2.24 bits per heavy atom. The number of nitrogens with one attached hydrogen (secondary N) is 3. The Labute approximate surface area is 244 Å². The molecule has 33 heavy (non-hydrogen) atoms. The average Bonchev–Trinajstić information content (AvgIpc) is 3.18. The van der Waals surface area contributed by atoms with E-state index in [-0.39, 0.29) is 68.7 Å². The van der Waals surface area contributed by atoms with Crippen LogP contribution in [0.15, 0.2) is 55.1 Å². The number of hydrogen-bond acceptors (Lipinski definition) is 2. The van der Waals surface area contributed by atoms with E-state index >= 15 is 0 Å². The molecule has 0 aromatic heterocycles. The van der Waals surface area contributed by atoms with Crippen molar-refractivity contribution in [2.75, 3.05) is 25.5 Å². The predicted octanol–water partition coefficient (Wildman–Crippen LogP) is 4.67. The molecule has 3 nitrogen and oxygen atoms in total. The zero-order chi connectivity index (χ0) is 24.1. The Kier molecular flexibility index (Phi) is 16.7. The molecular formula is C28H43FKN3. The minimum Gasteiger partial charge on any atom is -0.678 e. The van der Waals surface area contributed by atoms with Crippen LogP contribution in [0.3, 0.4) is 0 Å². The average molecular weight is 480 g/mol. The van der Waals surface area contributed by atoms with Crippen LogP contribution in [0.1, 0.15) is 62.6 Å². The van der Waals surface area contributed by atoms with Gasteiger partial charge in [0.25, 0.3) is 0 Å². The van der Waals surface area contributed by atoms with Crippen LogP contribution in [0.5, 0.6) is 0 Å². The smallest absolute Gasteiger partial charge is 0.678 e. The van der Waals surface area contributed by atoms with Gasteiger partial charge in [0.15, 0.2) is 0 Å². The first-order valence-electron chi connectivity index (χ1n) is 11.9. The molecule has 0 amide bonds. The zero-order valence-electron chi connectivity index (χ0n) is 21.9. The van der Waals surface area contributed by atoms with E-state index in [1.165, 1.54) is 30.5 Å². The molecule has 4 rings (SSSR count). The summed E-state index contributed by atoms with van der Waals surface area (Å²) in [5.41, 5.74) is 10.5. The van der Waals surface area contributed by atoms with Crippen LogP contribution in [0.4, 0.5) is 10.1 Å². The Hall–Kier alpha value is -0.534. The van der Waals surface area contributed by atoms with Crippen molar-refractivity contribution < 1.29 is 55.8 Å². The quantitative estimate of drug-likeness (QED) is 0.496. The van der Waals surface area contributed by atoms with E-state index in [0.717, 1.165) is 17.7 Å². The molecule has 1 heterocycles.